The van der Waals surface area contributed by atoms with E-state index in [1.165, 1.54) is 12.8 Å². The second-order valence-corrected chi connectivity index (χ2v) is 21.9. The van der Waals surface area contributed by atoms with Crippen LogP contribution in [0.15, 0.2) is 0 Å². The molecule has 6 bridgehead atoms. The van der Waals surface area contributed by atoms with Gasteiger partial charge in [0.1, 0.15) is 93.1 Å². The lowest BCUT2D eigenvalue weighted by atomic mass is 9.98. The fourth-order valence-electron chi connectivity index (χ4n) is 10.3. The van der Waals surface area contributed by atoms with Crippen molar-refractivity contribution in [3.05, 3.63) is 0 Å². The van der Waals surface area contributed by atoms with Gasteiger partial charge in [-0.05, 0) is 19.3 Å². The smallest absolute Gasteiger partial charge is 0.308 e. The molecule has 77 heavy (non-hydrogen) atoms. The number of carbonyl (C=O) groups is 3. The number of fused-ring (bicyclic) bond motifs is 6. The second-order valence-electron chi connectivity index (χ2n) is 21.9. The Bertz CT molecular complexity index is 1580. The van der Waals surface area contributed by atoms with Crippen molar-refractivity contribution in [2.75, 3.05) is 19.8 Å². The van der Waals surface area contributed by atoms with Gasteiger partial charge in [0, 0.05) is 0 Å². The minimum atomic E-state index is -1.82. The minimum Gasteiger partial charge on any atom is -0.463 e. The molecular weight excluding hydrogens is 1010 g/mol. The third-order valence-electron chi connectivity index (χ3n) is 15.3. The van der Waals surface area contributed by atoms with Gasteiger partial charge < -0.3 is 88.6 Å². The van der Waals surface area contributed by atoms with Crippen LogP contribution >= 0.6 is 0 Å². The maximum absolute atomic E-state index is 13.6. The van der Waals surface area contributed by atoms with E-state index < -0.39 is 167 Å². The van der Waals surface area contributed by atoms with Gasteiger partial charge >= 0.3 is 17.9 Å². The summed E-state index contributed by atoms with van der Waals surface area (Å²) in [6.45, 7) is 4.61. The van der Waals surface area contributed by atoms with Crippen molar-refractivity contribution >= 4 is 17.9 Å². The standard InChI is InChI=1S/C56H100O21/c1-4-7-10-13-16-17-20-23-26-29-38-32-44(59)71-35-40-46(61)49(64)52(67)55(76-40)73-36(27-24-21-18-14-11-8-5-2)30-42(57)69-33-39-45(60)48(63)51(66)54(75-39)72-37(28-25-22-19-15-12-9-6-3)31-43(58)70-34-41-47(62)50(65)53(68)56(74-38)77-41/h36-41,45-56,60-68H,4-35H2,1-3H3/t36-,37-,38-,39+,40+,41-,45+,46-,47-,48-,49-,50+,51-,52+,53-,54+,55-,56+/m1/s1. The molecular formula is C56H100O21. The van der Waals surface area contributed by atoms with Gasteiger partial charge in [0.15, 0.2) is 18.9 Å². The van der Waals surface area contributed by atoms with Crippen molar-refractivity contribution in [3.63, 3.8) is 0 Å². The van der Waals surface area contributed by atoms with Crippen LogP contribution in [-0.4, -0.2) is 194 Å². The van der Waals surface area contributed by atoms with Crippen LogP contribution in [0.1, 0.15) is 207 Å². The molecule has 0 unspecified atom stereocenters. The normalized spacial score (nSPS) is 35.6. The van der Waals surface area contributed by atoms with Gasteiger partial charge in [-0.25, -0.2) is 0 Å². The van der Waals surface area contributed by atoms with Gasteiger partial charge in [-0.1, -0.05) is 168 Å². The van der Waals surface area contributed by atoms with Crippen molar-refractivity contribution in [2.24, 2.45) is 0 Å². The highest BCUT2D eigenvalue weighted by atomic mass is 16.7. The van der Waals surface area contributed by atoms with Crippen molar-refractivity contribution in [1.82, 2.24) is 0 Å². The van der Waals surface area contributed by atoms with E-state index in [1.807, 2.05) is 0 Å². The maximum atomic E-state index is 13.6. The average Bonchev–Trinajstić information content (AvgIpc) is 3.41. The zero-order chi connectivity index (χ0) is 56.1. The summed E-state index contributed by atoms with van der Waals surface area (Å²) in [5.74, 6) is -2.46. The summed E-state index contributed by atoms with van der Waals surface area (Å²) in [5, 5.41) is 99.4. The molecule has 0 radical (unpaired) electrons. The monoisotopic (exact) mass is 1110 g/mol. The average molecular weight is 1110 g/mol. The minimum absolute atomic E-state index is 0.288. The van der Waals surface area contributed by atoms with Crippen molar-refractivity contribution in [1.29, 1.82) is 0 Å². The molecule has 0 aromatic heterocycles. The summed E-state index contributed by atoms with van der Waals surface area (Å²) in [5.41, 5.74) is 0. The Kier molecular flexibility index (Phi) is 33.0. The highest BCUT2D eigenvalue weighted by Crippen LogP contribution is 2.30. The Labute approximate surface area is 456 Å². The van der Waals surface area contributed by atoms with Crippen LogP contribution in [0, 0.1) is 0 Å². The molecule has 4 fully saturated rings. The molecule has 0 aromatic rings. The first kappa shape index (κ1) is 67.3. The molecule has 21 nitrogen and oxygen atoms in total. The topological polar surface area (TPSA) is 316 Å². The Morgan fingerprint density at radius 2 is 0.519 bits per heavy atom. The number of unbranched alkanes of at least 4 members (excludes halogenated alkanes) is 20. The summed E-state index contributed by atoms with van der Waals surface area (Å²) in [6.07, 6.45) is -5.91. The lowest BCUT2D eigenvalue weighted by Crippen LogP contribution is -2.60. The molecule has 21 heteroatoms. The molecule has 0 spiro atoms. The van der Waals surface area contributed by atoms with E-state index in [-0.39, 0.29) is 19.3 Å². The summed E-state index contributed by atoms with van der Waals surface area (Å²) < 4.78 is 53.1. The summed E-state index contributed by atoms with van der Waals surface area (Å²) in [6, 6.07) is 0. The van der Waals surface area contributed by atoms with Crippen molar-refractivity contribution in [2.45, 2.75) is 317 Å². The summed E-state index contributed by atoms with van der Waals surface area (Å²) in [4.78, 5) is 40.8. The van der Waals surface area contributed by atoms with Crippen LogP contribution in [0.3, 0.4) is 0 Å². The predicted octanol–water partition coefficient (Wildman–Crippen LogP) is 4.58. The van der Waals surface area contributed by atoms with E-state index in [1.54, 1.807) is 0 Å². The Balaban J connectivity index is 1.60. The van der Waals surface area contributed by atoms with Gasteiger partial charge in [0.2, 0.25) is 0 Å². The highest BCUT2D eigenvalue weighted by Gasteiger charge is 2.49. The van der Waals surface area contributed by atoms with Crippen LogP contribution in [0.4, 0.5) is 0 Å². The van der Waals surface area contributed by atoms with Crippen LogP contribution in [-0.2, 0) is 57.0 Å². The third kappa shape index (κ3) is 24.0. The van der Waals surface area contributed by atoms with Crippen molar-refractivity contribution in [3.8, 4) is 0 Å². The van der Waals surface area contributed by atoms with E-state index in [2.05, 4.69) is 20.8 Å². The molecule has 0 amide bonds. The number of aliphatic hydroxyl groups is 9. The quantitative estimate of drug-likeness (QED) is 0.0325. The molecule has 0 saturated carbocycles. The number of carbonyl (C=O) groups excluding carboxylic acids is 3. The van der Waals surface area contributed by atoms with E-state index in [0.29, 0.717) is 19.3 Å². The van der Waals surface area contributed by atoms with Gasteiger partial charge in [0.25, 0.3) is 0 Å². The number of hydrogen-bond donors (Lipinski definition) is 9. The van der Waals surface area contributed by atoms with Crippen molar-refractivity contribution < 1.29 is 103 Å². The molecule has 450 valence electrons. The number of rotatable bonds is 26. The molecule has 4 aliphatic rings. The van der Waals surface area contributed by atoms with Gasteiger partial charge in [-0.3, -0.25) is 14.4 Å². The van der Waals surface area contributed by atoms with E-state index in [0.717, 1.165) is 116 Å². The molecule has 9 N–H and O–H groups in total. The summed E-state index contributed by atoms with van der Waals surface area (Å²) >= 11 is 0. The highest BCUT2D eigenvalue weighted by molar-refractivity contribution is 5.70. The number of esters is 3. The molecule has 4 aliphatic heterocycles. The summed E-state index contributed by atoms with van der Waals surface area (Å²) in [7, 11) is 0. The molecule has 18 atom stereocenters. The largest absolute Gasteiger partial charge is 0.463 e. The van der Waals surface area contributed by atoms with E-state index >= 15 is 0 Å². The van der Waals surface area contributed by atoms with Gasteiger partial charge in [0.05, 0.1) is 37.6 Å². The lowest BCUT2D eigenvalue weighted by molar-refractivity contribution is -0.314. The molecule has 4 rings (SSSR count). The first-order valence-electron chi connectivity index (χ1n) is 29.6. The molecule has 0 aliphatic carbocycles. The predicted molar refractivity (Wildman–Crippen MR) is 278 cm³/mol. The Hall–Kier alpha value is -2.19. The van der Waals surface area contributed by atoms with Gasteiger partial charge in [-0.2, -0.15) is 0 Å². The fourth-order valence-corrected chi connectivity index (χ4v) is 10.3. The lowest BCUT2D eigenvalue weighted by Gasteiger charge is -2.41. The SMILES string of the molecule is CCCCCCCCCCC[C@@H]1CC(=O)OC[C@@H]2O[C@@H](O[C@H](CCCCCCCCC)CC(=O)OC[C@@H]3O[C@H](O[C@H](CCCCCCCCC)CC(=O)OC[C@H]4O[C@H](O1)[C@H](O)[C@@H](O)[C@@H]4O)[C@H](O)[C@H](O)[C@H]3O)[C@@H](O)[C@H](O)[C@@H]2O. The fraction of sp³-hybridized carbons (Fsp3) is 0.946. The van der Waals surface area contributed by atoms with Gasteiger partial charge in [-0.15, -0.1) is 0 Å². The maximum Gasteiger partial charge on any atom is 0.308 e. The number of ether oxygens (including phenoxy) is 9. The molecule has 0 aromatic carbocycles. The van der Waals surface area contributed by atoms with Crippen LogP contribution in [0.2, 0.25) is 0 Å². The Morgan fingerprint density at radius 1 is 0.299 bits per heavy atom. The molecule has 4 saturated heterocycles. The first-order valence-corrected chi connectivity index (χ1v) is 29.6. The number of cyclic esters (lactones) is 3. The zero-order valence-corrected chi connectivity index (χ0v) is 46.4. The zero-order valence-electron chi connectivity index (χ0n) is 46.4. The number of hydrogen-bond acceptors (Lipinski definition) is 21. The Morgan fingerprint density at radius 3 is 0.753 bits per heavy atom. The van der Waals surface area contributed by atoms with E-state index in [9.17, 15) is 60.3 Å². The van der Waals surface area contributed by atoms with Crippen LogP contribution in [0.25, 0.3) is 0 Å². The number of aliphatic hydroxyl groups excluding tert-OH is 9. The third-order valence-corrected chi connectivity index (χ3v) is 15.3. The van der Waals surface area contributed by atoms with Crippen LogP contribution < -0.4 is 0 Å². The molecule has 4 heterocycles. The van der Waals surface area contributed by atoms with Crippen LogP contribution in [0.5, 0.6) is 0 Å². The first-order chi connectivity index (χ1) is 37.1. The second kappa shape index (κ2) is 37.7. The van der Waals surface area contributed by atoms with E-state index in [4.69, 9.17) is 42.6 Å².